The van der Waals surface area contributed by atoms with Crippen molar-refractivity contribution in [3.8, 4) is 0 Å². The summed E-state index contributed by atoms with van der Waals surface area (Å²) in [7, 11) is 1.60. The van der Waals surface area contributed by atoms with Gasteiger partial charge < -0.3 is 10.1 Å². The molecule has 0 aliphatic heterocycles. The van der Waals surface area contributed by atoms with Gasteiger partial charge in [-0.25, -0.2) is 8.78 Å². The van der Waals surface area contributed by atoms with Crippen LogP contribution in [-0.2, 0) is 9.59 Å². The summed E-state index contributed by atoms with van der Waals surface area (Å²) in [6, 6.07) is 1.59. The summed E-state index contributed by atoms with van der Waals surface area (Å²) < 4.78 is 26.1. The lowest BCUT2D eigenvalue weighted by atomic mass is 9.92. The van der Waals surface area contributed by atoms with E-state index >= 15 is 0 Å². The Morgan fingerprint density at radius 3 is 2.00 bits per heavy atom. The maximum absolute atomic E-state index is 13.1. The topological polar surface area (TPSA) is 80.3 Å². The first kappa shape index (κ1) is 24.6. The fourth-order valence-corrected chi connectivity index (χ4v) is 2.19. The fraction of sp³-hybridized carbons (Fsp3) is 0.500. The van der Waals surface area contributed by atoms with E-state index in [1.54, 1.807) is 14.0 Å². The molecular formula is C20H27F2NO4. The van der Waals surface area contributed by atoms with Gasteiger partial charge in [-0.05, 0) is 31.9 Å². The largest absolute Gasteiger partial charge is 0.359 e. The predicted molar refractivity (Wildman–Crippen MR) is 98.7 cm³/mol. The third kappa shape index (κ3) is 7.76. The Kier molecular flexibility index (Phi) is 11.0. The second-order valence-electron chi connectivity index (χ2n) is 6.30. The smallest absolute Gasteiger partial charge is 0.222 e. The maximum atomic E-state index is 13.1. The number of hydrogen-bond donors (Lipinski definition) is 1. The highest BCUT2D eigenvalue weighted by atomic mass is 19.2. The molecular weight excluding hydrogens is 356 g/mol. The van der Waals surface area contributed by atoms with Gasteiger partial charge in [0, 0.05) is 36.4 Å². The number of nitrogens with one attached hydrogen (secondary N) is 1. The Labute approximate surface area is 158 Å². The average molecular weight is 383 g/mol. The number of Topliss-reactive ketones (excluding diaryl/α,β-unsaturated/α-hetero) is 2. The molecule has 0 saturated heterocycles. The van der Waals surface area contributed by atoms with Crippen LogP contribution in [0.15, 0.2) is 12.1 Å². The molecule has 1 rings (SSSR count). The normalized spacial score (nSPS) is 12.3. The summed E-state index contributed by atoms with van der Waals surface area (Å²) in [6.45, 7) is 6.53. The molecule has 0 aliphatic rings. The first-order valence-corrected chi connectivity index (χ1v) is 8.79. The molecule has 2 atom stereocenters. The van der Waals surface area contributed by atoms with Crippen LogP contribution >= 0.6 is 0 Å². The Hall–Kier alpha value is -2.44. The zero-order valence-corrected chi connectivity index (χ0v) is 16.4. The highest BCUT2D eigenvalue weighted by Gasteiger charge is 2.21. The Bertz CT molecular complexity index is 689. The van der Waals surface area contributed by atoms with Crippen molar-refractivity contribution in [2.45, 2.75) is 47.0 Å². The number of benzene rings is 1. The van der Waals surface area contributed by atoms with E-state index in [0.29, 0.717) is 19.3 Å². The standard InChI is InChI=1S/C13H14F2O2.C7H13NO2/c1-4-7(2)13(17)10-6-12(15)11(14)5-9(10)8(3)16;1-6(4-3-5-9)7(10)8-2/h5-7H,4H2,1-3H3;5-6H,3-4H2,1-2H3,(H,8,10). The molecule has 1 amide bonds. The molecule has 0 radical (unpaired) electrons. The van der Waals surface area contributed by atoms with Gasteiger partial charge in [0.1, 0.15) is 6.29 Å². The molecule has 27 heavy (non-hydrogen) atoms. The van der Waals surface area contributed by atoms with Gasteiger partial charge in [0.2, 0.25) is 5.91 Å². The molecule has 0 heterocycles. The van der Waals surface area contributed by atoms with Crippen LogP contribution in [0.5, 0.6) is 0 Å². The summed E-state index contributed by atoms with van der Waals surface area (Å²) in [5.41, 5.74) is -0.0973. The quantitative estimate of drug-likeness (QED) is 0.548. The van der Waals surface area contributed by atoms with Gasteiger partial charge in [0.05, 0.1) is 0 Å². The highest BCUT2D eigenvalue weighted by molar-refractivity contribution is 6.08. The van der Waals surface area contributed by atoms with Crippen molar-refractivity contribution < 1.29 is 28.0 Å². The average Bonchev–Trinajstić information content (AvgIpc) is 2.66. The summed E-state index contributed by atoms with van der Waals surface area (Å²) in [5.74, 6) is -3.38. The van der Waals surface area contributed by atoms with Crippen molar-refractivity contribution in [2.24, 2.45) is 11.8 Å². The molecule has 150 valence electrons. The monoisotopic (exact) mass is 383 g/mol. The molecule has 1 aromatic carbocycles. The van der Waals surface area contributed by atoms with E-state index in [-0.39, 0.29) is 34.7 Å². The molecule has 0 bridgehead atoms. The number of aldehydes is 1. The highest BCUT2D eigenvalue weighted by Crippen LogP contribution is 2.20. The number of halogens is 2. The van der Waals surface area contributed by atoms with Crippen LogP contribution in [0, 0.1) is 23.5 Å². The molecule has 1 aromatic rings. The van der Waals surface area contributed by atoms with Gasteiger partial charge >= 0.3 is 0 Å². The van der Waals surface area contributed by atoms with Crippen LogP contribution in [0.3, 0.4) is 0 Å². The SMILES string of the molecule is CCC(C)C(=O)c1cc(F)c(F)cc1C(C)=O.CNC(=O)C(C)CCC=O. The molecule has 0 aromatic heterocycles. The number of carbonyl (C=O) groups is 4. The predicted octanol–water partition coefficient (Wildman–Crippen LogP) is 3.74. The van der Waals surface area contributed by atoms with E-state index in [1.165, 1.54) is 6.92 Å². The second kappa shape index (κ2) is 12.0. The molecule has 0 saturated carbocycles. The van der Waals surface area contributed by atoms with Crippen LogP contribution in [0.25, 0.3) is 0 Å². The van der Waals surface area contributed by atoms with E-state index in [2.05, 4.69) is 5.32 Å². The summed E-state index contributed by atoms with van der Waals surface area (Å²) >= 11 is 0. The van der Waals surface area contributed by atoms with Crippen molar-refractivity contribution in [2.75, 3.05) is 7.05 Å². The zero-order chi connectivity index (χ0) is 21.1. The summed E-state index contributed by atoms with van der Waals surface area (Å²) in [5, 5.41) is 2.52. The Morgan fingerprint density at radius 2 is 1.59 bits per heavy atom. The van der Waals surface area contributed by atoms with E-state index in [9.17, 15) is 28.0 Å². The van der Waals surface area contributed by atoms with Gasteiger partial charge in [0.15, 0.2) is 23.2 Å². The van der Waals surface area contributed by atoms with Crippen LogP contribution in [0.4, 0.5) is 8.78 Å². The molecule has 5 nitrogen and oxygen atoms in total. The minimum Gasteiger partial charge on any atom is -0.359 e. The first-order valence-electron chi connectivity index (χ1n) is 8.79. The van der Waals surface area contributed by atoms with E-state index < -0.39 is 17.4 Å². The summed E-state index contributed by atoms with van der Waals surface area (Å²) in [4.78, 5) is 43.9. The lowest BCUT2D eigenvalue weighted by Gasteiger charge is -2.11. The van der Waals surface area contributed by atoms with E-state index in [4.69, 9.17) is 0 Å². The first-order chi connectivity index (χ1) is 12.6. The minimum absolute atomic E-state index is 0.00171. The van der Waals surface area contributed by atoms with Gasteiger partial charge in [0.25, 0.3) is 0 Å². The van der Waals surface area contributed by atoms with Crippen LogP contribution < -0.4 is 5.32 Å². The number of amides is 1. The van der Waals surface area contributed by atoms with Crippen LogP contribution in [0.1, 0.15) is 67.7 Å². The molecule has 1 N–H and O–H groups in total. The minimum atomic E-state index is -1.11. The molecule has 7 heteroatoms. The third-order valence-corrected chi connectivity index (χ3v) is 4.18. The number of hydrogen-bond acceptors (Lipinski definition) is 4. The molecule has 0 spiro atoms. The third-order valence-electron chi connectivity index (χ3n) is 4.18. The maximum Gasteiger partial charge on any atom is 0.222 e. The van der Waals surface area contributed by atoms with Crippen molar-refractivity contribution in [3.05, 3.63) is 34.9 Å². The van der Waals surface area contributed by atoms with E-state index in [0.717, 1.165) is 18.4 Å². The van der Waals surface area contributed by atoms with Crippen LogP contribution in [0.2, 0.25) is 0 Å². The number of ketones is 2. The lowest BCUT2D eigenvalue weighted by molar-refractivity contribution is -0.124. The van der Waals surface area contributed by atoms with Gasteiger partial charge in [-0.2, -0.15) is 0 Å². The van der Waals surface area contributed by atoms with Crippen molar-refractivity contribution >= 4 is 23.8 Å². The Morgan fingerprint density at radius 1 is 1.07 bits per heavy atom. The van der Waals surface area contributed by atoms with Gasteiger partial charge in [-0.1, -0.05) is 20.8 Å². The van der Waals surface area contributed by atoms with Crippen molar-refractivity contribution in [3.63, 3.8) is 0 Å². The lowest BCUT2D eigenvalue weighted by Crippen LogP contribution is -2.25. The second-order valence-corrected chi connectivity index (χ2v) is 6.30. The van der Waals surface area contributed by atoms with Crippen molar-refractivity contribution in [1.82, 2.24) is 5.32 Å². The number of carbonyl (C=O) groups excluding carboxylic acids is 4. The molecule has 0 fully saturated rings. The summed E-state index contributed by atoms with van der Waals surface area (Å²) in [6.07, 6.45) is 2.52. The fourth-order valence-electron chi connectivity index (χ4n) is 2.19. The van der Waals surface area contributed by atoms with Gasteiger partial charge in [-0.15, -0.1) is 0 Å². The van der Waals surface area contributed by atoms with Crippen LogP contribution in [-0.4, -0.2) is 30.8 Å². The Balaban J connectivity index is 0.000000580. The van der Waals surface area contributed by atoms with Crippen molar-refractivity contribution in [1.29, 1.82) is 0 Å². The molecule has 0 aliphatic carbocycles. The number of rotatable bonds is 8. The zero-order valence-electron chi connectivity index (χ0n) is 16.4. The van der Waals surface area contributed by atoms with E-state index in [1.807, 2.05) is 13.8 Å². The van der Waals surface area contributed by atoms with Gasteiger partial charge in [-0.3, -0.25) is 14.4 Å². The molecule has 2 unspecified atom stereocenters.